The smallest absolute Gasteiger partial charge is 0.191 e. The second-order valence-electron chi connectivity index (χ2n) is 6.98. The number of hydrogen-bond acceptors (Lipinski definition) is 3. The lowest BCUT2D eigenvalue weighted by atomic mass is 10.2. The van der Waals surface area contributed by atoms with Gasteiger partial charge in [0.15, 0.2) is 5.96 Å². The third kappa shape index (κ3) is 6.99. The first-order valence-corrected chi connectivity index (χ1v) is 11.2. The molecule has 154 valence electrons. The van der Waals surface area contributed by atoms with Gasteiger partial charge < -0.3 is 15.2 Å². The van der Waals surface area contributed by atoms with E-state index in [-0.39, 0.29) is 24.0 Å². The van der Waals surface area contributed by atoms with Gasteiger partial charge in [-0.25, -0.2) is 4.98 Å². The van der Waals surface area contributed by atoms with Crippen molar-refractivity contribution in [3.8, 4) is 0 Å². The molecule has 0 spiro atoms. The van der Waals surface area contributed by atoms with E-state index in [1.54, 1.807) is 0 Å². The van der Waals surface area contributed by atoms with Crippen LogP contribution in [0, 0.1) is 0 Å². The van der Waals surface area contributed by atoms with Crippen molar-refractivity contribution in [2.45, 2.75) is 50.4 Å². The third-order valence-electron chi connectivity index (χ3n) is 5.01. The molecule has 0 radical (unpaired) electrons. The summed E-state index contributed by atoms with van der Waals surface area (Å²) in [6.07, 6.45) is 10.8. The van der Waals surface area contributed by atoms with Crippen LogP contribution in [0.5, 0.6) is 0 Å². The quantitative estimate of drug-likeness (QED) is 0.319. The van der Waals surface area contributed by atoms with E-state index in [1.165, 1.54) is 24.8 Å². The Balaban J connectivity index is 0.00000280. The number of halogens is 1. The molecule has 2 N–H and O–H groups in total. The van der Waals surface area contributed by atoms with Gasteiger partial charge in [-0.3, -0.25) is 4.99 Å². The van der Waals surface area contributed by atoms with Crippen molar-refractivity contribution in [3.05, 3.63) is 54.1 Å². The van der Waals surface area contributed by atoms with Crippen molar-refractivity contribution in [3.63, 3.8) is 0 Å². The number of thioether (sulfide) groups is 1. The minimum absolute atomic E-state index is 0. The first-order valence-electron chi connectivity index (χ1n) is 9.90. The van der Waals surface area contributed by atoms with Crippen LogP contribution in [0.25, 0.3) is 0 Å². The highest BCUT2D eigenvalue weighted by molar-refractivity contribution is 14.0. The maximum absolute atomic E-state index is 4.79. The van der Waals surface area contributed by atoms with Crippen LogP contribution in [0.3, 0.4) is 0 Å². The maximum Gasteiger partial charge on any atom is 0.191 e. The molecule has 1 saturated carbocycles. The number of benzene rings is 1. The second kappa shape index (κ2) is 12.4. The highest BCUT2D eigenvalue weighted by Gasteiger charge is 2.24. The zero-order chi connectivity index (χ0) is 18.9. The zero-order valence-corrected chi connectivity index (χ0v) is 20.0. The van der Waals surface area contributed by atoms with Crippen molar-refractivity contribution in [1.29, 1.82) is 0 Å². The Hall–Kier alpha value is -1.22. The van der Waals surface area contributed by atoms with E-state index in [0.29, 0.717) is 6.04 Å². The lowest BCUT2D eigenvalue weighted by molar-refractivity contribution is 0.614. The van der Waals surface area contributed by atoms with Gasteiger partial charge in [-0.2, -0.15) is 11.8 Å². The number of imidazole rings is 1. The topological polar surface area (TPSA) is 54.2 Å². The summed E-state index contributed by atoms with van der Waals surface area (Å²) in [4.78, 5) is 9.31. The molecule has 1 heterocycles. The number of aromatic nitrogens is 2. The van der Waals surface area contributed by atoms with Crippen LogP contribution in [-0.4, -0.2) is 46.1 Å². The molecule has 2 atom stereocenters. The van der Waals surface area contributed by atoms with Crippen LogP contribution < -0.4 is 10.6 Å². The average Bonchev–Trinajstić information content (AvgIpc) is 3.32. The molecule has 1 aromatic heterocycles. The molecule has 1 fully saturated rings. The van der Waals surface area contributed by atoms with Gasteiger partial charge in [0.05, 0.1) is 0 Å². The number of nitrogens with zero attached hydrogens (tertiary/aromatic N) is 3. The predicted octanol–water partition coefficient (Wildman–Crippen LogP) is 3.93. The van der Waals surface area contributed by atoms with Gasteiger partial charge in [0.2, 0.25) is 0 Å². The third-order valence-corrected chi connectivity index (χ3v) is 6.10. The number of nitrogens with one attached hydrogen (secondary N) is 2. The van der Waals surface area contributed by atoms with E-state index < -0.39 is 0 Å². The number of guanidine groups is 1. The van der Waals surface area contributed by atoms with Crippen molar-refractivity contribution < 1.29 is 0 Å². The van der Waals surface area contributed by atoms with E-state index in [9.17, 15) is 0 Å². The van der Waals surface area contributed by atoms with E-state index >= 15 is 0 Å². The maximum atomic E-state index is 4.79. The summed E-state index contributed by atoms with van der Waals surface area (Å²) in [5.41, 5.74) is 1.29. The molecule has 2 aromatic rings. The molecule has 3 rings (SSSR count). The van der Waals surface area contributed by atoms with Crippen LogP contribution in [0.1, 0.15) is 37.6 Å². The van der Waals surface area contributed by atoms with E-state index in [1.807, 2.05) is 24.0 Å². The minimum atomic E-state index is 0. The lowest BCUT2D eigenvalue weighted by Crippen LogP contribution is -2.42. The summed E-state index contributed by atoms with van der Waals surface area (Å²) in [6, 6.07) is 11.1. The first-order chi connectivity index (χ1) is 13.3. The fourth-order valence-corrected chi connectivity index (χ4v) is 4.36. The summed E-state index contributed by atoms with van der Waals surface area (Å²) in [5, 5.41) is 7.78. The average molecular weight is 513 g/mol. The fourth-order valence-electron chi connectivity index (χ4n) is 3.56. The molecule has 1 aromatic carbocycles. The molecular weight excluding hydrogens is 481 g/mol. The monoisotopic (exact) mass is 513 g/mol. The van der Waals surface area contributed by atoms with E-state index in [4.69, 9.17) is 4.99 Å². The normalized spacial score (nSPS) is 19.3. The zero-order valence-electron chi connectivity index (χ0n) is 16.8. The minimum Gasteiger partial charge on any atom is -0.357 e. The van der Waals surface area contributed by atoms with Crippen LogP contribution in [0.15, 0.2) is 47.7 Å². The van der Waals surface area contributed by atoms with Gasteiger partial charge in [-0.05, 0) is 38.0 Å². The lowest BCUT2D eigenvalue weighted by Gasteiger charge is -2.17. The molecular formula is C21H32IN5S. The van der Waals surface area contributed by atoms with Crippen molar-refractivity contribution in [2.75, 3.05) is 19.3 Å². The Labute approximate surface area is 190 Å². The van der Waals surface area contributed by atoms with Gasteiger partial charge in [0.25, 0.3) is 0 Å². The Morgan fingerprint density at radius 2 is 2.11 bits per heavy atom. The number of rotatable bonds is 8. The fraction of sp³-hybridized carbons (Fsp3) is 0.524. The predicted molar refractivity (Wildman–Crippen MR) is 131 cm³/mol. The molecule has 0 aliphatic heterocycles. The highest BCUT2D eigenvalue weighted by Crippen LogP contribution is 2.28. The highest BCUT2D eigenvalue weighted by atomic mass is 127. The molecule has 2 unspecified atom stereocenters. The Kier molecular flexibility index (Phi) is 10.2. The summed E-state index contributed by atoms with van der Waals surface area (Å²) in [7, 11) is 0. The summed E-state index contributed by atoms with van der Waals surface area (Å²) in [5.74, 6) is 2.02. The molecule has 0 amide bonds. The van der Waals surface area contributed by atoms with Crippen LogP contribution in [0.2, 0.25) is 0 Å². The molecule has 1 aliphatic carbocycles. The van der Waals surface area contributed by atoms with Gasteiger partial charge in [-0.1, -0.05) is 30.3 Å². The van der Waals surface area contributed by atoms with Crippen molar-refractivity contribution >= 4 is 41.7 Å². The van der Waals surface area contributed by atoms with Gasteiger partial charge in [0.1, 0.15) is 5.82 Å². The molecule has 5 nitrogen and oxygen atoms in total. The molecule has 1 aliphatic rings. The van der Waals surface area contributed by atoms with Crippen molar-refractivity contribution in [2.24, 2.45) is 4.99 Å². The largest absolute Gasteiger partial charge is 0.357 e. The van der Waals surface area contributed by atoms with Gasteiger partial charge >= 0.3 is 0 Å². The van der Waals surface area contributed by atoms with Crippen LogP contribution >= 0.6 is 35.7 Å². The van der Waals surface area contributed by atoms with Crippen LogP contribution in [0.4, 0.5) is 0 Å². The standard InChI is InChI=1S/C21H31N5S.HI/c1-3-22-21(25-18-9-10-19(15-18)27-2)24-12-11-20-23-13-14-26(20)16-17-7-5-4-6-8-17;/h4-8,13-14,18-19H,3,9-12,15-16H2,1-2H3,(H2,22,24,25);1H. The number of aliphatic imine (C=N–C) groups is 1. The molecule has 0 saturated heterocycles. The summed E-state index contributed by atoms with van der Waals surface area (Å²) >= 11 is 1.98. The summed E-state index contributed by atoms with van der Waals surface area (Å²) in [6.45, 7) is 4.59. The summed E-state index contributed by atoms with van der Waals surface area (Å²) < 4.78 is 2.21. The Morgan fingerprint density at radius 3 is 2.82 bits per heavy atom. The Morgan fingerprint density at radius 1 is 1.29 bits per heavy atom. The van der Waals surface area contributed by atoms with Gasteiger partial charge in [-0.15, -0.1) is 24.0 Å². The first kappa shape index (κ1) is 23.1. The van der Waals surface area contributed by atoms with Crippen LogP contribution in [-0.2, 0) is 13.0 Å². The van der Waals surface area contributed by atoms with E-state index in [2.05, 4.69) is 63.8 Å². The molecule has 0 bridgehead atoms. The second-order valence-corrected chi connectivity index (χ2v) is 8.12. The molecule has 28 heavy (non-hydrogen) atoms. The number of hydrogen-bond donors (Lipinski definition) is 2. The Bertz CT molecular complexity index is 719. The van der Waals surface area contributed by atoms with Gasteiger partial charge in [0, 0.05) is 49.7 Å². The van der Waals surface area contributed by atoms with Crippen molar-refractivity contribution in [1.82, 2.24) is 20.2 Å². The SMILES string of the molecule is CCNC(=NCCc1nccn1Cc1ccccc1)NC1CCC(SC)C1.I. The van der Waals surface area contributed by atoms with E-state index in [0.717, 1.165) is 43.1 Å². The molecule has 7 heteroatoms.